The van der Waals surface area contributed by atoms with Gasteiger partial charge in [0.05, 0.1) is 22.3 Å². The lowest BCUT2D eigenvalue weighted by molar-refractivity contribution is 0.412. The van der Waals surface area contributed by atoms with E-state index < -0.39 is 0 Å². The predicted octanol–water partition coefficient (Wildman–Crippen LogP) is 4.49. The van der Waals surface area contributed by atoms with E-state index in [2.05, 4.69) is 15.9 Å². The molecule has 2 aromatic rings. The van der Waals surface area contributed by atoms with Crippen molar-refractivity contribution >= 4 is 33.2 Å². The van der Waals surface area contributed by atoms with Gasteiger partial charge in [-0.3, -0.25) is 0 Å². The van der Waals surface area contributed by atoms with Crippen LogP contribution in [0.15, 0.2) is 40.9 Å². The number of methoxy groups -OCH3 is 1. The molecule has 0 aromatic heterocycles. The maximum Gasteiger partial charge on any atom is 0.168 e. The summed E-state index contributed by atoms with van der Waals surface area (Å²) in [6, 6.07) is 10.6. The molecule has 0 fully saturated rings. The van der Waals surface area contributed by atoms with E-state index in [0.717, 1.165) is 10.2 Å². The zero-order chi connectivity index (χ0) is 13.1. The van der Waals surface area contributed by atoms with E-state index >= 15 is 0 Å². The van der Waals surface area contributed by atoms with Gasteiger partial charge in [-0.2, -0.15) is 0 Å². The zero-order valence-electron chi connectivity index (χ0n) is 9.61. The molecule has 0 amide bonds. The third-order valence-corrected chi connectivity index (χ3v) is 3.27. The van der Waals surface area contributed by atoms with Crippen molar-refractivity contribution in [1.82, 2.24) is 0 Å². The standard InChI is InChI=1S/C13H11BrClNO2/c1-17-8-5-6-12(9(14)7-8)18-13-10(15)3-2-4-11(13)16/h2-7H,16H2,1H3. The number of ether oxygens (including phenoxy) is 2. The smallest absolute Gasteiger partial charge is 0.168 e. The molecule has 0 bridgehead atoms. The van der Waals surface area contributed by atoms with Crippen LogP contribution < -0.4 is 15.2 Å². The van der Waals surface area contributed by atoms with Crippen LogP contribution in [0.4, 0.5) is 5.69 Å². The Morgan fingerprint density at radius 3 is 2.61 bits per heavy atom. The number of anilines is 1. The molecule has 3 nitrogen and oxygen atoms in total. The van der Waals surface area contributed by atoms with E-state index in [1.165, 1.54) is 0 Å². The largest absolute Gasteiger partial charge is 0.497 e. The van der Waals surface area contributed by atoms with Crippen molar-refractivity contribution in [3.05, 3.63) is 45.9 Å². The predicted molar refractivity (Wildman–Crippen MR) is 76.6 cm³/mol. The van der Waals surface area contributed by atoms with Crippen molar-refractivity contribution in [3.8, 4) is 17.2 Å². The van der Waals surface area contributed by atoms with E-state index in [1.54, 1.807) is 37.4 Å². The van der Waals surface area contributed by atoms with Crippen molar-refractivity contribution in [1.29, 1.82) is 0 Å². The SMILES string of the molecule is COc1ccc(Oc2c(N)cccc2Cl)c(Br)c1. The number of nitrogen functional groups attached to an aromatic ring is 1. The van der Waals surface area contributed by atoms with Gasteiger partial charge in [-0.05, 0) is 46.3 Å². The fourth-order valence-corrected chi connectivity index (χ4v) is 2.09. The van der Waals surface area contributed by atoms with E-state index in [-0.39, 0.29) is 0 Å². The van der Waals surface area contributed by atoms with Crippen molar-refractivity contribution in [2.45, 2.75) is 0 Å². The number of para-hydroxylation sites is 1. The van der Waals surface area contributed by atoms with Crippen molar-refractivity contribution in [3.63, 3.8) is 0 Å². The zero-order valence-corrected chi connectivity index (χ0v) is 12.0. The Labute approximate surface area is 119 Å². The second-order valence-electron chi connectivity index (χ2n) is 3.56. The summed E-state index contributed by atoms with van der Waals surface area (Å²) < 4.78 is 11.6. The van der Waals surface area contributed by atoms with Crippen LogP contribution in [0.3, 0.4) is 0 Å². The highest BCUT2D eigenvalue weighted by Crippen LogP contribution is 2.38. The molecule has 0 saturated carbocycles. The lowest BCUT2D eigenvalue weighted by Gasteiger charge is -2.12. The molecule has 18 heavy (non-hydrogen) atoms. The number of hydrogen-bond acceptors (Lipinski definition) is 3. The van der Waals surface area contributed by atoms with Crippen molar-refractivity contribution in [2.24, 2.45) is 0 Å². The second kappa shape index (κ2) is 5.50. The molecule has 0 aliphatic carbocycles. The summed E-state index contributed by atoms with van der Waals surface area (Å²) in [7, 11) is 1.61. The molecule has 0 unspecified atom stereocenters. The van der Waals surface area contributed by atoms with E-state index in [0.29, 0.717) is 22.2 Å². The van der Waals surface area contributed by atoms with Crippen LogP contribution in [0, 0.1) is 0 Å². The van der Waals surface area contributed by atoms with E-state index in [9.17, 15) is 0 Å². The van der Waals surface area contributed by atoms with Gasteiger partial charge in [0.2, 0.25) is 0 Å². The first-order chi connectivity index (χ1) is 8.61. The lowest BCUT2D eigenvalue weighted by atomic mass is 10.3. The molecule has 0 radical (unpaired) electrons. The first-order valence-corrected chi connectivity index (χ1v) is 6.34. The molecule has 0 atom stereocenters. The summed E-state index contributed by atoms with van der Waals surface area (Å²) in [5.74, 6) is 1.81. The molecule has 0 saturated heterocycles. The summed E-state index contributed by atoms with van der Waals surface area (Å²) in [4.78, 5) is 0. The normalized spacial score (nSPS) is 10.2. The molecule has 0 heterocycles. The highest BCUT2D eigenvalue weighted by Gasteiger charge is 2.10. The molecular weight excluding hydrogens is 318 g/mol. The minimum atomic E-state index is 0.449. The van der Waals surface area contributed by atoms with E-state index in [1.807, 2.05) is 6.07 Å². The van der Waals surface area contributed by atoms with Crippen molar-refractivity contribution < 1.29 is 9.47 Å². The fraction of sp³-hybridized carbons (Fsp3) is 0.0769. The van der Waals surface area contributed by atoms with Gasteiger partial charge in [-0.25, -0.2) is 0 Å². The Morgan fingerprint density at radius 1 is 1.22 bits per heavy atom. The topological polar surface area (TPSA) is 44.5 Å². The highest BCUT2D eigenvalue weighted by molar-refractivity contribution is 9.10. The number of hydrogen-bond donors (Lipinski definition) is 1. The molecule has 2 aromatic carbocycles. The summed E-state index contributed by atoms with van der Waals surface area (Å²) in [6.07, 6.45) is 0. The van der Waals surface area contributed by atoms with E-state index in [4.69, 9.17) is 26.8 Å². The van der Waals surface area contributed by atoms with Crippen molar-refractivity contribution in [2.75, 3.05) is 12.8 Å². The van der Waals surface area contributed by atoms with Gasteiger partial charge in [-0.15, -0.1) is 0 Å². The van der Waals surface area contributed by atoms with Crippen LogP contribution in [0.5, 0.6) is 17.2 Å². The molecule has 2 N–H and O–H groups in total. The highest BCUT2D eigenvalue weighted by atomic mass is 79.9. The van der Waals surface area contributed by atoms with Crippen LogP contribution in [0.1, 0.15) is 0 Å². The number of halogens is 2. The van der Waals surface area contributed by atoms with Gasteiger partial charge in [-0.1, -0.05) is 17.7 Å². The number of rotatable bonds is 3. The van der Waals surface area contributed by atoms with Crippen LogP contribution in [0.25, 0.3) is 0 Å². The maximum atomic E-state index is 6.05. The molecule has 5 heteroatoms. The summed E-state index contributed by atoms with van der Waals surface area (Å²) in [5.41, 5.74) is 6.32. The number of benzene rings is 2. The molecule has 94 valence electrons. The second-order valence-corrected chi connectivity index (χ2v) is 4.82. The molecule has 0 aliphatic rings. The fourth-order valence-electron chi connectivity index (χ4n) is 1.43. The van der Waals surface area contributed by atoms with Gasteiger partial charge in [0.1, 0.15) is 11.5 Å². The van der Waals surface area contributed by atoms with Gasteiger partial charge in [0.25, 0.3) is 0 Å². The quantitative estimate of drug-likeness (QED) is 0.845. The average Bonchev–Trinajstić information content (AvgIpc) is 2.35. The average molecular weight is 329 g/mol. The third-order valence-electron chi connectivity index (χ3n) is 2.35. The Bertz CT molecular complexity index is 555. The Kier molecular flexibility index (Phi) is 3.99. The minimum absolute atomic E-state index is 0.449. The van der Waals surface area contributed by atoms with Crippen LogP contribution in [-0.4, -0.2) is 7.11 Å². The van der Waals surface area contributed by atoms with Gasteiger partial charge in [0.15, 0.2) is 5.75 Å². The minimum Gasteiger partial charge on any atom is -0.497 e. The van der Waals surface area contributed by atoms with Crippen LogP contribution in [-0.2, 0) is 0 Å². The summed E-state index contributed by atoms with van der Waals surface area (Å²) in [5, 5.41) is 0.470. The third kappa shape index (κ3) is 2.71. The first-order valence-electron chi connectivity index (χ1n) is 5.17. The first kappa shape index (κ1) is 13.1. The summed E-state index contributed by atoms with van der Waals surface area (Å²) in [6.45, 7) is 0. The van der Waals surface area contributed by atoms with Gasteiger partial charge in [0, 0.05) is 0 Å². The molecule has 0 aliphatic heterocycles. The molecule has 2 rings (SSSR count). The van der Waals surface area contributed by atoms with Gasteiger partial charge >= 0.3 is 0 Å². The molecule has 0 spiro atoms. The van der Waals surface area contributed by atoms with Crippen LogP contribution in [0.2, 0.25) is 5.02 Å². The summed E-state index contributed by atoms with van der Waals surface area (Å²) >= 11 is 9.45. The Balaban J connectivity index is 2.34. The lowest BCUT2D eigenvalue weighted by Crippen LogP contribution is -1.93. The monoisotopic (exact) mass is 327 g/mol. The van der Waals surface area contributed by atoms with Gasteiger partial charge < -0.3 is 15.2 Å². The maximum absolute atomic E-state index is 6.05. The Hall–Kier alpha value is -1.39. The number of nitrogens with two attached hydrogens (primary N) is 1. The Morgan fingerprint density at radius 2 is 2.00 bits per heavy atom. The molecular formula is C13H11BrClNO2. The van der Waals surface area contributed by atoms with Crippen LogP contribution >= 0.6 is 27.5 Å².